The number of halogens is 4. The van der Waals surface area contributed by atoms with E-state index in [1.54, 1.807) is 6.07 Å². The molecule has 2 rings (SSSR count). The second kappa shape index (κ2) is 6.16. The minimum absolute atomic E-state index is 0.0893. The quantitative estimate of drug-likeness (QED) is 0.693. The number of hydrogen-bond donors (Lipinski definition) is 1. The van der Waals surface area contributed by atoms with Crippen LogP contribution in [0.2, 0.25) is 0 Å². The minimum Gasteiger partial charge on any atom is -0.382 e. The van der Waals surface area contributed by atoms with E-state index >= 15 is 0 Å². The van der Waals surface area contributed by atoms with Crippen molar-refractivity contribution in [3.05, 3.63) is 28.2 Å². The molecule has 1 saturated carbocycles. The first-order chi connectivity index (χ1) is 8.97. The Morgan fingerprint density at radius 1 is 1.05 bits per heavy atom. The van der Waals surface area contributed by atoms with E-state index in [0.717, 1.165) is 25.7 Å². The molecule has 0 radical (unpaired) electrons. The van der Waals surface area contributed by atoms with Crippen LogP contribution in [0, 0.1) is 0 Å². The second-order valence-electron chi connectivity index (χ2n) is 5.03. The first kappa shape index (κ1) is 14.7. The van der Waals surface area contributed by atoms with Gasteiger partial charge in [0.05, 0.1) is 5.56 Å². The van der Waals surface area contributed by atoms with Gasteiger partial charge in [0.15, 0.2) is 0 Å². The fraction of sp³-hybridized carbons (Fsp3) is 0.571. The van der Waals surface area contributed by atoms with Gasteiger partial charge < -0.3 is 5.32 Å². The highest BCUT2D eigenvalue weighted by molar-refractivity contribution is 9.10. The molecule has 1 aromatic carbocycles. The molecule has 0 atom stereocenters. The van der Waals surface area contributed by atoms with Crippen LogP contribution in [0.5, 0.6) is 0 Å². The van der Waals surface area contributed by atoms with Gasteiger partial charge in [-0.1, -0.05) is 41.6 Å². The van der Waals surface area contributed by atoms with E-state index in [1.807, 2.05) is 0 Å². The Morgan fingerprint density at radius 2 is 1.68 bits per heavy atom. The molecular formula is C14H17BrF3N. The predicted molar refractivity (Wildman–Crippen MR) is 74.3 cm³/mol. The summed E-state index contributed by atoms with van der Waals surface area (Å²) in [7, 11) is 0. The Labute approximate surface area is 119 Å². The van der Waals surface area contributed by atoms with Crippen molar-refractivity contribution in [3.8, 4) is 0 Å². The predicted octanol–water partition coefficient (Wildman–Crippen LogP) is 5.60. The van der Waals surface area contributed by atoms with Gasteiger partial charge in [-0.15, -0.1) is 0 Å². The van der Waals surface area contributed by atoms with Gasteiger partial charge in [0.25, 0.3) is 0 Å². The van der Waals surface area contributed by atoms with Crippen LogP contribution < -0.4 is 5.32 Å². The van der Waals surface area contributed by atoms with E-state index in [4.69, 9.17) is 0 Å². The monoisotopic (exact) mass is 335 g/mol. The fourth-order valence-electron chi connectivity index (χ4n) is 2.49. The maximum atomic E-state index is 12.8. The fourth-order valence-corrected chi connectivity index (χ4v) is 2.96. The van der Waals surface area contributed by atoms with Crippen molar-refractivity contribution in [2.24, 2.45) is 0 Å². The minimum atomic E-state index is -4.32. The van der Waals surface area contributed by atoms with E-state index in [-0.39, 0.29) is 4.47 Å². The van der Waals surface area contributed by atoms with Gasteiger partial charge in [0, 0.05) is 16.2 Å². The molecule has 1 nitrogen and oxygen atoms in total. The number of alkyl halides is 3. The van der Waals surface area contributed by atoms with E-state index in [1.165, 1.54) is 25.0 Å². The summed E-state index contributed by atoms with van der Waals surface area (Å²) in [6.07, 6.45) is 2.52. The second-order valence-corrected chi connectivity index (χ2v) is 5.88. The number of anilines is 1. The van der Waals surface area contributed by atoms with Crippen molar-refractivity contribution in [3.63, 3.8) is 0 Å². The highest BCUT2D eigenvalue weighted by atomic mass is 79.9. The lowest BCUT2D eigenvalue weighted by atomic mass is 10.1. The molecule has 1 N–H and O–H groups in total. The van der Waals surface area contributed by atoms with Gasteiger partial charge in [0.2, 0.25) is 0 Å². The van der Waals surface area contributed by atoms with Crippen LogP contribution in [-0.2, 0) is 6.18 Å². The Hall–Kier alpha value is -0.710. The molecule has 19 heavy (non-hydrogen) atoms. The van der Waals surface area contributed by atoms with Crippen LogP contribution >= 0.6 is 15.9 Å². The standard InChI is InChI=1S/C14H17BrF3N/c15-13-8-7-11(9-12(13)14(16,17)18)19-10-5-3-1-2-4-6-10/h7-10,19H,1-6H2. The van der Waals surface area contributed by atoms with Crippen LogP contribution in [0.1, 0.15) is 44.1 Å². The topological polar surface area (TPSA) is 12.0 Å². The van der Waals surface area contributed by atoms with Crippen molar-refractivity contribution < 1.29 is 13.2 Å². The van der Waals surface area contributed by atoms with E-state index in [2.05, 4.69) is 21.2 Å². The summed E-state index contributed by atoms with van der Waals surface area (Å²) in [4.78, 5) is 0. The van der Waals surface area contributed by atoms with Crippen molar-refractivity contribution >= 4 is 21.6 Å². The Kier molecular flexibility index (Phi) is 4.76. The highest BCUT2D eigenvalue weighted by Gasteiger charge is 2.33. The van der Waals surface area contributed by atoms with Gasteiger partial charge >= 0.3 is 6.18 Å². The molecule has 1 fully saturated rings. The highest BCUT2D eigenvalue weighted by Crippen LogP contribution is 2.36. The zero-order valence-corrected chi connectivity index (χ0v) is 12.1. The molecule has 0 spiro atoms. The lowest BCUT2D eigenvalue weighted by Gasteiger charge is -2.19. The Bertz CT molecular complexity index is 423. The van der Waals surface area contributed by atoms with Gasteiger partial charge in [-0.05, 0) is 31.0 Å². The summed E-state index contributed by atoms with van der Waals surface area (Å²) in [5.74, 6) is 0. The summed E-state index contributed by atoms with van der Waals surface area (Å²) in [6.45, 7) is 0. The Morgan fingerprint density at radius 3 is 2.26 bits per heavy atom. The summed E-state index contributed by atoms with van der Waals surface area (Å²) < 4.78 is 38.5. The molecule has 5 heteroatoms. The van der Waals surface area contributed by atoms with Gasteiger partial charge in [-0.25, -0.2) is 0 Å². The van der Waals surface area contributed by atoms with E-state index in [9.17, 15) is 13.2 Å². The average molecular weight is 336 g/mol. The van der Waals surface area contributed by atoms with Crippen molar-refractivity contribution in [1.29, 1.82) is 0 Å². The smallest absolute Gasteiger partial charge is 0.382 e. The summed E-state index contributed by atoms with van der Waals surface area (Å²) in [5, 5.41) is 3.24. The van der Waals surface area contributed by atoms with Crippen LogP contribution in [0.15, 0.2) is 22.7 Å². The van der Waals surface area contributed by atoms with Crippen LogP contribution in [-0.4, -0.2) is 6.04 Å². The number of nitrogens with one attached hydrogen (secondary N) is 1. The molecule has 1 aliphatic rings. The summed E-state index contributed by atoms with van der Waals surface area (Å²) in [5.41, 5.74) is -0.0615. The van der Waals surface area contributed by atoms with Gasteiger partial charge in [-0.3, -0.25) is 0 Å². The van der Waals surface area contributed by atoms with E-state index in [0.29, 0.717) is 11.7 Å². The maximum absolute atomic E-state index is 12.8. The van der Waals surface area contributed by atoms with Crippen molar-refractivity contribution in [2.75, 3.05) is 5.32 Å². The van der Waals surface area contributed by atoms with Crippen LogP contribution in [0.4, 0.5) is 18.9 Å². The number of hydrogen-bond acceptors (Lipinski definition) is 1. The molecule has 0 amide bonds. The molecular weight excluding hydrogens is 319 g/mol. The first-order valence-corrected chi connectivity index (χ1v) is 7.39. The molecule has 1 aliphatic carbocycles. The maximum Gasteiger partial charge on any atom is 0.417 e. The third kappa shape index (κ3) is 4.13. The van der Waals surface area contributed by atoms with Crippen LogP contribution in [0.3, 0.4) is 0 Å². The van der Waals surface area contributed by atoms with Gasteiger partial charge in [-0.2, -0.15) is 13.2 Å². The lowest BCUT2D eigenvalue weighted by molar-refractivity contribution is -0.138. The van der Waals surface area contributed by atoms with Crippen molar-refractivity contribution in [2.45, 2.75) is 50.7 Å². The molecule has 1 aromatic rings. The number of benzene rings is 1. The van der Waals surface area contributed by atoms with Crippen LogP contribution in [0.25, 0.3) is 0 Å². The largest absolute Gasteiger partial charge is 0.417 e. The average Bonchev–Trinajstić information content (AvgIpc) is 2.59. The molecule has 0 bridgehead atoms. The van der Waals surface area contributed by atoms with E-state index < -0.39 is 11.7 Å². The third-order valence-corrected chi connectivity index (χ3v) is 4.19. The van der Waals surface area contributed by atoms with Gasteiger partial charge in [0.1, 0.15) is 0 Å². The molecule has 0 aromatic heterocycles. The van der Waals surface area contributed by atoms with Crippen molar-refractivity contribution in [1.82, 2.24) is 0 Å². The third-order valence-electron chi connectivity index (χ3n) is 3.50. The molecule has 0 saturated heterocycles. The Balaban J connectivity index is 2.12. The molecule has 0 heterocycles. The lowest BCUT2D eigenvalue weighted by Crippen LogP contribution is -2.18. The summed E-state index contributed by atoms with van der Waals surface area (Å²) in [6, 6.07) is 4.64. The number of rotatable bonds is 2. The SMILES string of the molecule is FC(F)(F)c1cc(NC2CCCCCC2)ccc1Br. The molecule has 106 valence electrons. The zero-order valence-electron chi connectivity index (χ0n) is 10.6. The summed E-state index contributed by atoms with van der Waals surface area (Å²) >= 11 is 2.96. The zero-order chi connectivity index (χ0) is 13.9. The molecule has 0 unspecified atom stereocenters. The normalized spacial score (nSPS) is 18.1. The molecule has 0 aliphatic heterocycles. The first-order valence-electron chi connectivity index (χ1n) is 6.60.